The number of nitrogens with zero attached hydrogens (tertiary/aromatic N) is 5. The summed E-state index contributed by atoms with van der Waals surface area (Å²) in [6.07, 6.45) is 0.895. The van der Waals surface area contributed by atoms with Crippen molar-refractivity contribution in [3.63, 3.8) is 0 Å². The largest absolute Gasteiger partial charge is 0.327 e. The van der Waals surface area contributed by atoms with Crippen LogP contribution in [-0.2, 0) is 18.3 Å². The van der Waals surface area contributed by atoms with Gasteiger partial charge in [-0.1, -0.05) is 48.2 Å². The molecule has 7 heteroatoms. The fraction of sp³-hybridized carbons (Fsp3) is 0.238. The molecule has 1 aliphatic heterocycles. The van der Waals surface area contributed by atoms with Crippen molar-refractivity contribution in [3.8, 4) is 0 Å². The maximum absolute atomic E-state index is 12.9. The summed E-state index contributed by atoms with van der Waals surface area (Å²) in [4.78, 5) is 19.4. The summed E-state index contributed by atoms with van der Waals surface area (Å²) in [7, 11) is 1.97. The van der Waals surface area contributed by atoms with Crippen LogP contribution in [-0.4, -0.2) is 37.5 Å². The molecule has 0 bridgehead atoms. The number of anilines is 1. The van der Waals surface area contributed by atoms with Crippen molar-refractivity contribution in [2.45, 2.75) is 24.5 Å². The Morgan fingerprint density at radius 3 is 2.82 bits per heavy atom. The molecule has 0 spiro atoms. The first-order valence-corrected chi connectivity index (χ1v) is 10.2. The number of hydrogen-bond acceptors (Lipinski definition) is 5. The molecule has 0 N–H and O–H groups in total. The zero-order chi connectivity index (χ0) is 19.3. The van der Waals surface area contributed by atoms with Crippen LogP contribution in [0.3, 0.4) is 0 Å². The van der Waals surface area contributed by atoms with Crippen molar-refractivity contribution in [1.29, 1.82) is 0 Å². The number of thioether (sulfide) groups is 1. The normalized spacial score (nSPS) is 16.1. The van der Waals surface area contributed by atoms with E-state index in [0.717, 1.165) is 34.2 Å². The molecular formula is C21H19N5OS. The number of hydrogen-bond donors (Lipinski definition) is 0. The van der Waals surface area contributed by atoms with Crippen molar-refractivity contribution in [3.05, 3.63) is 54.1 Å². The Hall–Kier alpha value is -2.93. The minimum absolute atomic E-state index is 0.0724. The number of amides is 1. The first kappa shape index (κ1) is 17.2. The average Bonchev–Trinajstić information content (AvgIpc) is 3.20. The molecule has 5 rings (SSSR count). The van der Waals surface area contributed by atoms with Gasteiger partial charge in [0, 0.05) is 24.2 Å². The lowest BCUT2D eigenvalue weighted by Gasteiger charge is -2.22. The number of aromatic nitrogens is 4. The fourth-order valence-corrected chi connectivity index (χ4v) is 4.64. The van der Waals surface area contributed by atoms with Gasteiger partial charge in [0.2, 0.25) is 11.1 Å². The number of rotatable bonds is 3. The quantitative estimate of drug-likeness (QED) is 0.501. The van der Waals surface area contributed by atoms with Crippen LogP contribution < -0.4 is 4.90 Å². The van der Waals surface area contributed by atoms with Gasteiger partial charge in [0.05, 0.1) is 11.3 Å². The van der Waals surface area contributed by atoms with E-state index in [1.54, 1.807) is 0 Å². The highest BCUT2D eigenvalue weighted by atomic mass is 32.2. The monoisotopic (exact) mass is 389 g/mol. The lowest BCUT2D eigenvalue weighted by molar-refractivity contribution is -0.116. The molecule has 3 heterocycles. The number of fused-ring (bicyclic) bond motifs is 4. The number of benzene rings is 2. The van der Waals surface area contributed by atoms with Crippen molar-refractivity contribution in [2.24, 2.45) is 7.05 Å². The molecule has 0 fully saturated rings. The highest BCUT2D eigenvalue weighted by molar-refractivity contribution is 7.99. The molecule has 6 nitrogen and oxygen atoms in total. The molecule has 1 amide bonds. The maximum atomic E-state index is 12.9. The summed E-state index contributed by atoms with van der Waals surface area (Å²) in [6, 6.07) is 16.3. The Labute approximate surface area is 166 Å². The zero-order valence-electron chi connectivity index (χ0n) is 15.7. The van der Waals surface area contributed by atoms with Crippen molar-refractivity contribution >= 4 is 45.4 Å². The molecule has 1 unspecified atom stereocenters. The summed E-state index contributed by atoms with van der Waals surface area (Å²) in [5, 5.41) is 10.2. The molecule has 4 aromatic rings. The molecule has 0 saturated heterocycles. The Morgan fingerprint density at radius 2 is 1.93 bits per heavy atom. The van der Waals surface area contributed by atoms with E-state index in [1.807, 2.05) is 59.0 Å². The van der Waals surface area contributed by atoms with Crippen molar-refractivity contribution in [2.75, 3.05) is 10.7 Å². The van der Waals surface area contributed by atoms with Gasteiger partial charge in [-0.3, -0.25) is 4.79 Å². The van der Waals surface area contributed by atoms with Gasteiger partial charge in [-0.2, -0.15) is 0 Å². The van der Waals surface area contributed by atoms with Crippen molar-refractivity contribution in [1.82, 2.24) is 19.7 Å². The second-order valence-electron chi connectivity index (χ2n) is 7.08. The Balaban J connectivity index is 1.40. The molecule has 140 valence electrons. The van der Waals surface area contributed by atoms with E-state index in [-0.39, 0.29) is 17.7 Å². The van der Waals surface area contributed by atoms with Gasteiger partial charge in [0.1, 0.15) is 5.52 Å². The summed E-state index contributed by atoms with van der Waals surface area (Å²) in [6.45, 7) is 2.09. The summed E-state index contributed by atoms with van der Waals surface area (Å²) in [5.74, 6) is 0.360. The molecular weight excluding hydrogens is 370 g/mol. The van der Waals surface area contributed by atoms with E-state index < -0.39 is 0 Å². The van der Waals surface area contributed by atoms with E-state index >= 15 is 0 Å². The van der Waals surface area contributed by atoms with Crippen molar-refractivity contribution < 1.29 is 4.79 Å². The SMILES string of the molecule is CC1Cc2ccccc2N1C(=O)CSc1nnc2c3ccccc3n(C)c2n1. The third kappa shape index (κ3) is 2.65. The lowest BCUT2D eigenvalue weighted by atomic mass is 10.1. The van der Waals surface area contributed by atoms with Gasteiger partial charge in [0.25, 0.3) is 0 Å². The predicted molar refractivity (Wildman–Crippen MR) is 112 cm³/mol. The van der Waals surface area contributed by atoms with Crippen LogP contribution in [0.2, 0.25) is 0 Å². The standard InChI is InChI=1S/C21H19N5OS/c1-13-11-14-7-3-5-9-16(14)26(13)18(27)12-28-21-22-20-19(23-24-21)15-8-4-6-10-17(15)25(20)2/h3-10,13H,11-12H2,1-2H3. The highest BCUT2D eigenvalue weighted by Gasteiger charge is 2.30. The van der Waals surface area contributed by atoms with E-state index in [9.17, 15) is 4.79 Å². The number of aryl methyl sites for hydroxylation is 1. The van der Waals surface area contributed by atoms with Gasteiger partial charge in [-0.05, 0) is 31.0 Å². The first-order chi connectivity index (χ1) is 13.6. The smallest absolute Gasteiger partial charge is 0.237 e. The third-order valence-corrected chi connectivity index (χ3v) is 6.11. The molecule has 2 aromatic heterocycles. The number of para-hydroxylation sites is 2. The van der Waals surface area contributed by atoms with Gasteiger partial charge < -0.3 is 9.47 Å². The molecule has 2 aromatic carbocycles. The van der Waals surface area contributed by atoms with Crippen LogP contribution >= 0.6 is 11.8 Å². The second kappa shape index (κ2) is 6.60. The van der Waals surface area contributed by atoms with Crippen LogP contribution in [0.4, 0.5) is 5.69 Å². The minimum Gasteiger partial charge on any atom is -0.327 e. The molecule has 0 radical (unpaired) electrons. The summed E-state index contributed by atoms with van der Waals surface area (Å²) in [5.41, 5.74) is 4.88. The van der Waals surface area contributed by atoms with E-state index in [2.05, 4.69) is 28.2 Å². The lowest BCUT2D eigenvalue weighted by Crippen LogP contribution is -2.37. The summed E-state index contributed by atoms with van der Waals surface area (Å²) >= 11 is 1.34. The summed E-state index contributed by atoms with van der Waals surface area (Å²) < 4.78 is 2.02. The Bertz CT molecular complexity index is 1220. The number of carbonyl (C=O) groups is 1. The maximum Gasteiger partial charge on any atom is 0.237 e. The van der Waals surface area contributed by atoms with Gasteiger partial charge in [-0.15, -0.1) is 10.2 Å². The van der Waals surface area contributed by atoms with Gasteiger partial charge in [-0.25, -0.2) is 4.98 Å². The van der Waals surface area contributed by atoms with E-state index in [4.69, 9.17) is 0 Å². The molecule has 1 atom stereocenters. The first-order valence-electron chi connectivity index (χ1n) is 9.24. The average molecular weight is 389 g/mol. The van der Waals surface area contributed by atoms with E-state index in [0.29, 0.717) is 5.16 Å². The third-order valence-electron chi connectivity index (χ3n) is 5.29. The second-order valence-corrected chi connectivity index (χ2v) is 8.02. The Morgan fingerprint density at radius 1 is 1.14 bits per heavy atom. The minimum atomic E-state index is 0.0724. The highest BCUT2D eigenvalue weighted by Crippen LogP contribution is 2.33. The predicted octanol–water partition coefficient (Wildman–Crippen LogP) is 3.59. The fourth-order valence-electron chi connectivity index (χ4n) is 3.99. The molecule has 0 saturated carbocycles. The van der Waals surface area contributed by atoms with Crippen LogP contribution in [0.15, 0.2) is 53.7 Å². The topological polar surface area (TPSA) is 63.9 Å². The number of carbonyl (C=O) groups excluding carboxylic acids is 1. The van der Waals surface area contributed by atoms with Gasteiger partial charge in [0.15, 0.2) is 5.65 Å². The van der Waals surface area contributed by atoms with Crippen LogP contribution in [0.5, 0.6) is 0 Å². The molecule has 28 heavy (non-hydrogen) atoms. The molecule has 1 aliphatic rings. The van der Waals surface area contributed by atoms with Crippen LogP contribution in [0, 0.1) is 0 Å². The van der Waals surface area contributed by atoms with Crippen LogP contribution in [0.25, 0.3) is 22.1 Å². The zero-order valence-corrected chi connectivity index (χ0v) is 16.5. The Kier molecular flexibility index (Phi) is 4.05. The van der Waals surface area contributed by atoms with Gasteiger partial charge >= 0.3 is 0 Å². The van der Waals surface area contributed by atoms with E-state index in [1.165, 1.54) is 17.3 Å². The molecule has 0 aliphatic carbocycles. The van der Waals surface area contributed by atoms with Crippen LogP contribution in [0.1, 0.15) is 12.5 Å².